The van der Waals surface area contributed by atoms with Crippen molar-refractivity contribution in [2.24, 2.45) is 0 Å². The second-order valence-electron chi connectivity index (χ2n) is 5.87. The molecule has 1 atom stereocenters. The summed E-state index contributed by atoms with van der Waals surface area (Å²) >= 11 is 0. The van der Waals surface area contributed by atoms with Gasteiger partial charge in [-0.2, -0.15) is 0 Å². The lowest BCUT2D eigenvalue weighted by atomic mass is 10.0. The van der Waals surface area contributed by atoms with Crippen LogP contribution < -0.4 is 4.90 Å². The Kier molecular flexibility index (Phi) is 6.43. The first-order chi connectivity index (χ1) is 12.1. The maximum absolute atomic E-state index is 9.06. The SMILES string of the molecule is [C-]#[N+]/C(C#N)=C1C=C(/C=C/c2ccc(N(CC)CC)cc2)OC(C)C\1. The van der Waals surface area contributed by atoms with Gasteiger partial charge in [0, 0.05) is 25.2 Å². The van der Waals surface area contributed by atoms with Gasteiger partial charge in [-0.3, -0.25) is 0 Å². The van der Waals surface area contributed by atoms with Gasteiger partial charge in [-0.25, -0.2) is 10.1 Å². The van der Waals surface area contributed by atoms with Crippen molar-refractivity contribution in [3.8, 4) is 6.07 Å². The van der Waals surface area contributed by atoms with E-state index in [2.05, 4.69) is 47.9 Å². The largest absolute Gasteiger partial charge is 0.490 e. The molecule has 25 heavy (non-hydrogen) atoms. The van der Waals surface area contributed by atoms with Crippen LogP contribution in [0.1, 0.15) is 32.8 Å². The van der Waals surface area contributed by atoms with Gasteiger partial charge >= 0.3 is 0 Å². The number of ether oxygens (including phenoxy) is 1. The van der Waals surface area contributed by atoms with E-state index in [4.69, 9.17) is 16.6 Å². The number of benzene rings is 1. The average Bonchev–Trinajstić information content (AvgIpc) is 2.63. The first-order valence-corrected chi connectivity index (χ1v) is 8.53. The molecule has 1 unspecified atom stereocenters. The lowest BCUT2D eigenvalue weighted by molar-refractivity contribution is 0.133. The summed E-state index contributed by atoms with van der Waals surface area (Å²) < 4.78 is 5.79. The van der Waals surface area contributed by atoms with Crippen LogP contribution in [0.25, 0.3) is 10.9 Å². The summed E-state index contributed by atoms with van der Waals surface area (Å²) in [6.07, 6.45) is 6.20. The molecular formula is C21H23N3O. The van der Waals surface area contributed by atoms with Crippen LogP contribution in [0, 0.1) is 17.9 Å². The minimum Gasteiger partial charge on any atom is -0.490 e. The number of rotatable bonds is 5. The first-order valence-electron chi connectivity index (χ1n) is 8.53. The molecule has 1 aromatic carbocycles. The highest BCUT2D eigenvalue weighted by Crippen LogP contribution is 2.26. The van der Waals surface area contributed by atoms with Crippen molar-refractivity contribution in [1.29, 1.82) is 5.26 Å². The number of hydrogen-bond donors (Lipinski definition) is 0. The minimum atomic E-state index is -0.0465. The molecule has 0 spiro atoms. The summed E-state index contributed by atoms with van der Waals surface area (Å²) in [5.41, 5.74) is 3.18. The lowest BCUT2D eigenvalue weighted by Crippen LogP contribution is -2.21. The molecule has 4 nitrogen and oxygen atoms in total. The second-order valence-corrected chi connectivity index (χ2v) is 5.87. The average molecular weight is 333 g/mol. The van der Waals surface area contributed by atoms with Crippen LogP contribution >= 0.6 is 0 Å². The summed E-state index contributed by atoms with van der Waals surface area (Å²) in [5.74, 6) is 0.679. The highest BCUT2D eigenvalue weighted by Gasteiger charge is 2.17. The predicted octanol–water partition coefficient (Wildman–Crippen LogP) is 4.94. The lowest BCUT2D eigenvalue weighted by Gasteiger charge is -2.22. The van der Waals surface area contributed by atoms with Crippen LogP contribution in [0.3, 0.4) is 0 Å². The molecule has 1 aliphatic heterocycles. The highest BCUT2D eigenvalue weighted by molar-refractivity contribution is 5.58. The van der Waals surface area contributed by atoms with Crippen LogP contribution in [0.5, 0.6) is 0 Å². The third-order valence-electron chi connectivity index (χ3n) is 4.14. The number of anilines is 1. The van der Waals surface area contributed by atoms with Crippen molar-refractivity contribution >= 4 is 11.8 Å². The van der Waals surface area contributed by atoms with Gasteiger partial charge in [-0.1, -0.05) is 18.2 Å². The normalized spacial score (nSPS) is 18.8. The molecule has 128 valence electrons. The van der Waals surface area contributed by atoms with E-state index in [0.717, 1.165) is 24.2 Å². The van der Waals surface area contributed by atoms with E-state index in [1.54, 1.807) is 6.08 Å². The van der Waals surface area contributed by atoms with Crippen molar-refractivity contribution in [3.63, 3.8) is 0 Å². The zero-order valence-electron chi connectivity index (χ0n) is 15.0. The van der Waals surface area contributed by atoms with Crippen LogP contribution in [-0.4, -0.2) is 19.2 Å². The van der Waals surface area contributed by atoms with Gasteiger partial charge < -0.3 is 9.64 Å². The maximum atomic E-state index is 9.06. The van der Waals surface area contributed by atoms with Gasteiger partial charge in [0.1, 0.15) is 5.76 Å². The van der Waals surface area contributed by atoms with E-state index in [1.165, 1.54) is 5.69 Å². The van der Waals surface area contributed by atoms with Crippen LogP contribution in [0.15, 0.2) is 53.4 Å². The molecule has 0 N–H and O–H groups in total. The van der Waals surface area contributed by atoms with Crippen LogP contribution in [-0.2, 0) is 4.74 Å². The van der Waals surface area contributed by atoms with E-state index < -0.39 is 0 Å². The van der Waals surface area contributed by atoms with E-state index in [1.807, 2.05) is 25.1 Å². The molecule has 0 saturated carbocycles. The Morgan fingerprint density at radius 1 is 1.32 bits per heavy atom. The Balaban J connectivity index is 2.19. The van der Waals surface area contributed by atoms with Gasteiger partial charge in [0.05, 0.1) is 18.7 Å². The Bertz CT molecular complexity index is 753. The fraction of sp³-hybridized carbons (Fsp3) is 0.333. The quantitative estimate of drug-likeness (QED) is 0.566. The smallest absolute Gasteiger partial charge is 0.265 e. The predicted molar refractivity (Wildman–Crippen MR) is 102 cm³/mol. The summed E-state index contributed by atoms with van der Waals surface area (Å²) in [7, 11) is 0. The van der Waals surface area contributed by atoms with Crippen LogP contribution in [0.2, 0.25) is 0 Å². The number of nitriles is 1. The van der Waals surface area contributed by atoms with Gasteiger partial charge in [-0.15, -0.1) is 0 Å². The van der Waals surface area contributed by atoms with Crippen molar-refractivity contribution in [2.75, 3.05) is 18.0 Å². The van der Waals surface area contributed by atoms with Gasteiger partial charge in [0.15, 0.2) is 0 Å². The number of nitrogens with zero attached hydrogens (tertiary/aromatic N) is 3. The van der Waals surface area contributed by atoms with Crippen molar-refractivity contribution in [1.82, 2.24) is 0 Å². The molecule has 0 amide bonds. The van der Waals surface area contributed by atoms with Crippen molar-refractivity contribution < 1.29 is 4.74 Å². The molecule has 0 fully saturated rings. The van der Waals surface area contributed by atoms with E-state index in [0.29, 0.717) is 12.2 Å². The summed E-state index contributed by atoms with van der Waals surface area (Å²) in [4.78, 5) is 5.60. The van der Waals surface area contributed by atoms with Gasteiger partial charge in [-0.05, 0) is 56.2 Å². The molecule has 0 aliphatic carbocycles. The first kappa shape index (κ1) is 18.4. The molecule has 0 radical (unpaired) electrons. The topological polar surface area (TPSA) is 40.6 Å². The van der Waals surface area contributed by atoms with E-state index in [-0.39, 0.29) is 11.8 Å². The summed E-state index contributed by atoms with van der Waals surface area (Å²) in [6, 6.07) is 10.3. The van der Waals surface area contributed by atoms with Crippen molar-refractivity contribution in [2.45, 2.75) is 33.3 Å². The van der Waals surface area contributed by atoms with Gasteiger partial charge in [0.2, 0.25) is 0 Å². The molecule has 4 heteroatoms. The van der Waals surface area contributed by atoms with E-state index >= 15 is 0 Å². The summed E-state index contributed by atoms with van der Waals surface area (Å²) in [5, 5.41) is 9.06. The number of hydrogen-bond acceptors (Lipinski definition) is 3. The molecule has 1 heterocycles. The third kappa shape index (κ3) is 4.75. The maximum Gasteiger partial charge on any atom is 0.265 e. The van der Waals surface area contributed by atoms with E-state index in [9.17, 15) is 0 Å². The Morgan fingerprint density at radius 2 is 2.00 bits per heavy atom. The molecule has 0 bridgehead atoms. The number of allylic oxidation sites excluding steroid dienone is 3. The van der Waals surface area contributed by atoms with Gasteiger partial charge in [0.25, 0.3) is 5.70 Å². The molecular weight excluding hydrogens is 310 g/mol. The molecule has 0 aromatic heterocycles. The zero-order valence-corrected chi connectivity index (χ0v) is 15.0. The second kappa shape index (κ2) is 8.76. The standard InChI is InChI=1S/C21H23N3O/c1-5-24(6-2)19-10-7-17(8-11-19)9-12-20-14-18(13-16(3)25-20)21(15-22)23-4/h7-12,14,16H,5-6,13H2,1-3H3/b12-9+,21-18-. The summed E-state index contributed by atoms with van der Waals surface area (Å²) in [6.45, 7) is 15.3. The molecule has 1 aromatic rings. The minimum absolute atomic E-state index is 0.0465. The molecule has 1 aliphatic rings. The third-order valence-corrected chi connectivity index (χ3v) is 4.14. The fourth-order valence-corrected chi connectivity index (χ4v) is 2.83. The highest BCUT2D eigenvalue weighted by atomic mass is 16.5. The fourth-order valence-electron chi connectivity index (χ4n) is 2.83. The molecule has 2 rings (SSSR count). The van der Waals surface area contributed by atoms with Crippen LogP contribution in [0.4, 0.5) is 5.69 Å². The Labute approximate surface area is 150 Å². The zero-order chi connectivity index (χ0) is 18.2. The Hall–Kier alpha value is -2.98. The monoisotopic (exact) mass is 333 g/mol. The Morgan fingerprint density at radius 3 is 2.56 bits per heavy atom. The van der Waals surface area contributed by atoms with Crippen molar-refractivity contribution in [3.05, 3.63) is 70.4 Å². The molecule has 0 saturated heterocycles.